The first-order valence-electron chi connectivity index (χ1n) is 4.84. The maximum absolute atomic E-state index is 11.3. The summed E-state index contributed by atoms with van der Waals surface area (Å²) in [5, 5.41) is 2.44. The molecule has 7 heteroatoms. The van der Waals surface area contributed by atoms with E-state index in [2.05, 4.69) is 14.2 Å². The molecule has 0 aliphatic carbocycles. The average molecular weight is 259 g/mol. The Balaban J connectivity index is 2.79. The highest BCUT2D eigenvalue weighted by Gasteiger charge is 2.12. The number of carbonyl (C=O) groups excluding carboxylic acids is 1. The molecule has 1 amide bonds. The maximum Gasteiger partial charge on any atom is 0.411 e. The van der Waals surface area contributed by atoms with Crippen molar-refractivity contribution in [1.82, 2.24) is 0 Å². The number of rotatable bonds is 4. The molecule has 0 heterocycles. The Morgan fingerprint density at radius 1 is 1.29 bits per heavy atom. The molecule has 0 saturated heterocycles. The van der Waals surface area contributed by atoms with E-state index in [1.54, 1.807) is 6.92 Å². The molecule has 0 bridgehead atoms. The number of nitrogens with one attached hydrogen (secondary N) is 1. The molecule has 1 aromatic carbocycles. The Bertz CT molecular complexity index is 480. The Hall–Kier alpha value is -1.60. The van der Waals surface area contributed by atoms with Crippen LogP contribution in [0.2, 0.25) is 0 Å². The SMILES string of the molecule is CCOC(=O)Nc1ccc(S(=O)(=O)OC)cc1. The van der Waals surface area contributed by atoms with E-state index in [1.165, 1.54) is 24.3 Å². The van der Waals surface area contributed by atoms with E-state index >= 15 is 0 Å². The van der Waals surface area contributed by atoms with Crippen LogP contribution in [-0.4, -0.2) is 28.2 Å². The molecule has 1 N–H and O–H groups in total. The van der Waals surface area contributed by atoms with Crippen molar-refractivity contribution in [1.29, 1.82) is 0 Å². The van der Waals surface area contributed by atoms with Crippen LogP contribution in [0.25, 0.3) is 0 Å². The molecule has 0 aliphatic rings. The predicted molar refractivity (Wildman–Crippen MR) is 61.3 cm³/mol. The predicted octanol–water partition coefficient (Wildman–Crippen LogP) is 1.59. The number of amides is 1. The van der Waals surface area contributed by atoms with Crippen molar-refractivity contribution in [2.24, 2.45) is 0 Å². The first-order valence-corrected chi connectivity index (χ1v) is 6.25. The van der Waals surface area contributed by atoms with Gasteiger partial charge in [0.1, 0.15) is 0 Å². The van der Waals surface area contributed by atoms with Crippen LogP contribution < -0.4 is 5.32 Å². The lowest BCUT2D eigenvalue weighted by Gasteiger charge is -2.06. The fourth-order valence-electron chi connectivity index (χ4n) is 1.09. The van der Waals surface area contributed by atoms with Gasteiger partial charge in [-0.15, -0.1) is 0 Å². The third kappa shape index (κ3) is 3.72. The fourth-order valence-corrected chi connectivity index (χ4v) is 1.75. The molecule has 0 radical (unpaired) electrons. The van der Waals surface area contributed by atoms with Crippen molar-refractivity contribution in [3.8, 4) is 0 Å². The smallest absolute Gasteiger partial charge is 0.411 e. The number of carbonyl (C=O) groups is 1. The summed E-state index contributed by atoms with van der Waals surface area (Å²) in [5.41, 5.74) is 0.443. The summed E-state index contributed by atoms with van der Waals surface area (Å²) in [4.78, 5) is 11.1. The van der Waals surface area contributed by atoms with E-state index in [0.29, 0.717) is 5.69 Å². The van der Waals surface area contributed by atoms with Crippen LogP contribution in [0.15, 0.2) is 29.2 Å². The van der Waals surface area contributed by atoms with E-state index in [9.17, 15) is 13.2 Å². The molecule has 0 atom stereocenters. The summed E-state index contributed by atoms with van der Waals surface area (Å²) in [7, 11) is -2.61. The molecule has 94 valence electrons. The van der Waals surface area contributed by atoms with Gasteiger partial charge >= 0.3 is 6.09 Å². The molecule has 0 aliphatic heterocycles. The van der Waals surface area contributed by atoms with Gasteiger partial charge in [-0.1, -0.05) is 0 Å². The molecule has 1 aromatic rings. The molecule has 0 saturated carbocycles. The summed E-state index contributed by atoms with van der Waals surface area (Å²) >= 11 is 0. The zero-order valence-corrected chi connectivity index (χ0v) is 10.3. The Morgan fingerprint density at radius 2 is 1.88 bits per heavy atom. The minimum absolute atomic E-state index is 0.0226. The molecule has 6 nitrogen and oxygen atoms in total. The maximum atomic E-state index is 11.3. The van der Waals surface area contributed by atoms with E-state index in [4.69, 9.17) is 0 Å². The molecular formula is C10H13NO5S. The van der Waals surface area contributed by atoms with E-state index < -0.39 is 16.2 Å². The lowest BCUT2D eigenvalue weighted by atomic mass is 10.3. The summed E-state index contributed by atoms with van der Waals surface area (Å²) in [5.74, 6) is 0. The lowest BCUT2D eigenvalue weighted by molar-refractivity contribution is 0.168. The Labute approximate surface area is 99.7 Å². The van der Waals surface area contributed by atoms with E-state index in [1.807, 2.05) is 0 Å². The molecule has 0 aromatic heterocycles. The number of ether oxygens (including phenoxy) is 1. The number of anilines is 1. The Morgan fingerprint density at radius 3 is 2.35 bits per heavy atom. The van der Waals surface area contributed by atoms with Gasteiger partial charge in [0.05, 0.1) is 18.6 Å². The third-order valence-electron chi connectivity index (χ3n) is 1.88. The summed E-state index contributed by atoms with van der Waals surface area (Å²) in [6, 6.07) is 5.56. The second kappa shape index (κ2) is 5.65. The highest BCUT2D eigenvalue weighted by Crippen LogP contribution is 2.15. The van der Waals surface area contributed by atoms with Gasteiger partial charge in [0.2, 0.25) is 0 Å². The normalized spacial score (nSPS) is 10.9. The van der Waals surface area contributed by atoms with Gasteiger partial charge in [0.25, 0.3) is 10.1 Å². The van der Waals surface area contributed by atoms with Crippen molar-refractivity contribution in [3.63, 3.8) is 0 Å². The van der Waals surface area contributed by atoms with Gasteiger partial charge in [0, 0.05) is 5.69 Å². The van der Waals surface area contributed by atoms with Gasteiger partial charge in [-0.2, -0.15) is 8.42 Å². The standard InChI is InChI=1S/C10H13NO5S/c1-3-16-10(12)11-8-4-6-9(7-5-8)17(13,14)15-2/h4-7H,3H2,1-2H3,(H,11,12). The van der Waals surface area contributed by atoms with Crippen LogP contribution in [0.4, 0.5) is 10.5 Å². The number of hydrogen-bond acceptors (Lipinski definition) is 5. The van der Waals surface area contributed by atoms with Crippen LogP contribution in [0.5, 0.6) is 0 Å². The van der Waals surface area contributed by atoms with Crippen LogP contribution >= 0.6 is 0 Å². The monoisotopic (exact) mass is 259 g/mol. The molecular weight excluding hydrogens is 246 g/mol. The molecule has 0 spiro atoms. The van der Waals surface area contributed by atoms with Crippen molar-refractivity contribution >= 4 is 21.9 Å². The molecule has 0 unspecified atom stereocenters. The van der Waals surface area contributed by atoms with Gasteiger partial charge in [-0.25, -0.2) is 4.79 Å². The largest absolute Gasteiger partial charge is 0.450 e. The summed E-state index contributed by atoms with van der Waals surface area (Å²) in [6.45, 7) is 1.95. The quantitative estimate of drug-likeness (QED) is 0.830. The highest BCUT2D eigenvalue weighted by atomic mass is 32.2. The minimum Gasteiger partial charge on any atom is -0.450 e. The van der Waals surface area contributed by atoms with Crippen LogP contribution in [-0.2, 0) is 19.0 Å². The first kappa shape index (κ1) is 13.5. The van der Waals surface area contributed by atoms with Gasteiger partial charge < -0.3 is 4.74 Å². The van der Waals surface area contributed by atoms with Gasteiger partial charge in [0.15, 0.2) is 0 Å². The van der Waals surface area contributed by atoms with Crippen molar-refractivity contribution in [2.75, 3.05) is 19.0 Å². The number of benzene rings is 1. The third-order valence-corrected chi connectivity index (χ3v) is 3.17. The lowest BCUT2D eigenvalue weighted by Crippen LogP contribution is -2.13. The van der Waals surface area contributed by atoms with Crippen molar-refractivity contribution in [2.45, 2.75) is 11.8 Å². The second-order valence-electron chi connectivity index (χ2n) is 2.99. The topological polar surface area (TPSA) is 81.7 Å². The van der Waals surface area contributed by atoms with Crippen molar-refractivity contribution < 1.29 is 22.1 Å². The van der Waals surface area contributed by atoms with Crippen LogP contribution in [0, 0.1) is 0 Å². The second-order valence-corrected chi connectivity index (χ2v) is 4.70. The van der Waals surface area contributed by atoms with Gasteiger partial charge in [-0.3, -0.25) is 9.50 Å². The van der Waals surface area contributed by atoms with Crippen LogP contribution in [0.1, 0.15) is 6.92 Å². The summed E-state index contributed by atoms with van der Waals surface area (Å²) in [6.07, 6.45) is -0.588. The zero-order chi connectivity index (χ0) is 12.9. The highest BCUT2D eigenvalue weighted by molar-refractivity contribution is 7.86. The van der Waals surface area contributed by atoms with Crippen molar-refractivity contribution in [3.05, 3.63) is 24.3 Å². The molecule has 1 rings (SSSR count). The zero-order valence-electron chi connectivity index (χ0n) is 9.47. The summed E-state index contributed by atoms with van der Waals surface area (Å²) < 4.78 is 31.6. The molecule has 0 fully saturated rings. The van der Waals surface area contributed by atoms with Crippen LogP contribution in [0.3, 0.4) is 0 Å². The van der Waals surface area contributed by atoms with E-state index in [-0.39, 0.29) is 11.5 Å². The molecule has 17 heavy (non-hydrogen) atoms. The average Bonchev–Trinajstić information content (AvgIpc) is 2.30. The van der Waals surface area contributed by atoms with E-state index in [0.717, 1.165) is 7.11 Å². The minimum atomic E-state index is -3.70. The fraction of sp³-hybridized carbons (Fsp3) is 0.300. The van der Waals surface area contributed by atoms with Gasteiger partial charge in [-0.05, 0) is 31.2 Å². The first-order chi connectivity index (χ1) is 7.99. The Kier molecular flexibility index (Phi) is 4.47. The number of hydrogen-bond donors (Lipinski definition) is 1.